The number of para-hydroxylation sites is 1. The molecule has 0 unspecified atom stereocenters. The molecule has 5 nitrogen and oxygen atoms in total. The van der Waals surface area contributed by atoms with Gasteiger partial charge >= 0.3 is 0 Å². The first-order valence-corrected chi connectivity index (χ1v) is 8.12. The van der Waals surface area contributed by atoms with Crippen LogP contribution in [0.15, 0.2) is 48.5 Å². The molecular weight excluding hydrogens is 302 g/mol. The standard InChI is InChI=1S/C19H21N3O2/c20-17-5-2-1-4-16(17)19(24)21-12-14-7-9-15(10-8-14)13-22-11-3-6-18(22)23/h1-2,4-5,7-10H,3,6,11-13,20H2,(H,21,24). The van der Waals surface area contributed by atoms with Crippen molar-refractivity contribution in [1.82, 2.24) is 10.2 Å². The van der Waals surface area contributed by atoms with Gasteiger partial charge in [0.15, 0.2) is 0 Å². The van der Waals surface area contributed by atoms with Crippen LogP contribution < -0.4 is 11.1 Å². The number of nitrogens with one attached hydrogen (secondary N) is 1. The Hall–Kier alpha value is -2.82. The first-order valence-electron chi connectivity index (χ1n) is 8.12. The molecule has 0 spiro atoms. The van der Waals surface area contributed by atoms with Gasteiger partial charge in [-0.15, -0.1) is 0 Å². The molecule has 2 amide bonds. The Kier molecular flexibility index (Phi) is 4.79. The topological polar surface area (TPSA) is 75.4 Å². The molecule has 3 N–H and O–H groups in total. The van der Waals surface area contributed by atoms with E-state index >= 15 is 0 Å². The summed E-state index contributed by atoms with van der Waals surface area (Å²) in [5.41, 5.74) is 8.88. The van der Waals surface area contributed by atoms with Crippen molar-refractivity contribution >= 4 is 17.5 Å². The van der Waals surface area contributed by atoms with Crippen LogP contribution in [-0.4, -0.2) is 23.3 Å². The number of rotatable bonds is 5. The van der Waals surface area contributed by atoms with Crippen molar-refractivity contribution < 1.29 is 9.59 Å². The van der Waals surface area contributed by atoms with E-state index in [-0.39, 0.29) is 11.8 Å². The molecule has 2 aromatic carbocycles. The van der Waals surface area contributed by atoms with Crippen molar-refractivity contribution in [3.05, 3.63) is 65.2 Å². The fourth-order valence-electron chi connectivity index (χ4n) is 2.84. The predicted molar refractivity (Wildman–Crippen MR) is 93.1 cm³/mol. The monoisotopic (exact) mass is 323 g/mol. The summed E-state index contributed by atoms with van der Waals surface area (Å²) < 4.78 is 0. The summed E-state index contributed by atoms with van der Waals surface area (Å²) in [6.07, 6.45) is 1.61. The quantitative estimate of drug-likeness (QED) is 0.829. The van der Waals surface area contributed by atoms with Gasteiger partial charge in [-0.1, -0.05) is 36.4 Å². The molecule has 0 aromatic heterocycles. The number of nitrogens with zero attached hydrogens (tertiary/aromatic N) is 1. The van der Waals surface area contributed by atoms with E-state index in [9.17, 15) is 9.59 Å². The number of carbonyl (C=O) groups is 2. The first-order chi connectivity index (χ1) is 11.6. The van der Waals surface area contributed by atoms with Gasteiger partial charge in [0, 0.05) is 31.7 Å². The van der Waals surface area contributed by atoms with Crippen LogP contribution in [0.5, 0.6) is 0 Å². The predicted octanol–water partition coefficient (Wildman–Crippen LogP) is 2.32. The molecule has 1 fully saturated rings. The highest BCUT2D eigenvalue weighted by Gasteiger charge is 2.19. The number of likely N-dealkylation sites (tertiary alicyclic amines) is 1. The minimum atomic E-state index is -0.181. The minimum absolute atomic E-state index is 0.181. The number of hydrogen-bond donors (Lipinski definition) is 2. The fourth-order valence-corrected chi connectivity index (χ4v) is 2.84. The maximum atomic E-state index is 12.1. The Labute approximate surface area is 141 Å². The molecule has 0 aliphatic carbocycles. The zero-order valence-electron chi connectivity index (χ0n) is 13.5. The minimum Gasteiger partial charge on any atom is -0.398 e. The second-order valence-corrected chi connectivity index (χ2v) is 6.01. The van der Waals surface area contributed by atoms with Crippen LogP contribution in [-0.2, 0) is 17.9 Å². The van der Waals surface area contributed by atoms with Gasteiger partial charge in [0.05, 0.1) is 5.56 Å². The molecule has 0 atom stereocenters. The van der Waals surface area contributed by atoms with Crippen molar-refractivity contribution in [2.75, 3.05) is 12.3 Å². The number of hydrogen-bond acceptors (Lipinski definition) is 3. The Morgan fingerprint density at radius 1 is 1.08 bits per heavy atom. The Morgan fingerprint density at radius 2 is 1.79 bits per heavy atom. The van der Waals surface area contributed by atoms with Crippen LogP contribution >= 0.6 is 0 Å². The molecule has 1 saturated heterocycles. The molecule has 0 radical (unpaired) electrons. The lowest BCUT2D eigenvalue weighted by Crippen LogP contribution is -2.24. The van der Waals surface area contributed by atoms with Crippen LogP contribution in [0.4, 0.5) is 5.69 Å². The third kappa shape index (κ3) is 3.74. The maximum Gasteiger partial charge on any atom is 0.253 e. The molecule has 1 heterocycles. The Morgan fingerprint density at radius 3 is 2.46 bits per heavy atom. The summed E-state index contributed by atoms with van der Waals surface area (Å²) in [5, 5.41) is 2.87. The smallest absolute Gasteiger partial charge is 0.253 e. The van der Waals surface area contributed by atoms with E-state index in [0.29, 0.717) is 30.8 Å². The number of anilines is 1. The van der Waals surface area contributed by atoms with Crippen molar-refractivity contribution in [3.8, 4) is 0 Å². The third-order valence-electron chi connectivity index (χ3n) is 4.23. The molecular formula is C19H21N3O2. The summed E-state index contributed by atoms with van der Waals surface area (Å²) in [6.45, 7) is 1.94. The maximum absolute atomic E-state index is 12.1. The molecule has 1 aliphatic rings. The summed E-state index contributed by atoms with van der Waals surface area (Å²) in [4.78, 5) is 25.7. The molecule has 24 heavy (non-hydrogen) atoms. The number of nitrogen functional groups attached to an aromatic ring is 1. The van der Waals surface area contributed by atoms with Crippen molar-refractivity contribution in [2.24, 2.45) is 0 Å². The van der Waals surface area contributed by atoms with E-state index in [2.05, 4.69) is 5.32 Å². The normalized spacial score (nSPS) is 14.0. The number of nitrogens with two attached hydrogens (primary N) is 1. The molecule has 0 bridgehead atoms. The summed E-state index contributed by atoms with van der Waals surface area (Å²) in [5.74, 6) is 0.0478. The Bertz CT molecular complexity index is 741. The SMILES string of the molecule is Nc1ccccc1C(=O)NCc1ccc(CN2CCCC2=O)cc1. The Balaban J connectivity index is 1.55. The fraction of sp³-hybridized carbons (Fsp3) is 0.263. The summed E-state index contributed by atoms with van der Waals surface area (Å²) >= 11 is 0. The van der Waals surface area contributed by atoms with Crippen LogP contribution in [0, 0.1) is 0 Å². The van der Waals surface area contributed by atoms with E-state index in [1.165, 1.54) is 0 Å². The van der Waals surface area contributed by atoms with Crippen molar-refractivity contribution in [3.63, 3.8) is 0 Å². The van der Waals surface area contributed by atoms with Crippen molar-refractivity contribution in [1.29, 1.82) is 0 Å². The van der Waals surface area contributed by atoms with Crippen LogP contribution in [0.2, 0.25) is 0 Å². The molecule has 0 saturated carbocycles. The lowest BCUT2D eigenvalue weighted by molar-refractivity contribution is -0.128. The van der Waals surface area contributed by atoms with Crippen LogP contribution in [0.1, 0.15) is 34.3 Å². The van der Waals surface area contributed by atoms with Gasteiger partial charge in [-0.05, 0) is 29.7 Å². The zero-order valence-corrected chi connectivity index (χ0v) is 13.5. The summed E-state index contributed by atoms with van der Waals surface area (Å²) in [7, 11) is 0. The van der Waals surface area contributed by atoms with Gasteiger partial charge in [0.25, 0.3) is 5.91 Å². The lowest BCUT2D eigenvalue weighted by Gasteiger charge is -2.15. The first kappa shape index (κ1) is 16.1. The van der Waals surface area contributed by atoms with E-state index in [4.69, 9.17) is 5.73 Å². The van der Waals surface area contributed by atoms with E-state index in [1.54, 1.807) is 24.3 Å². The molecule has 2 aromatic rings. The zero-order chi connectivity index (χ0) is 16.9. The van der Waals surface area contributed by atoms with Gasteiger partial charge in [0.2, 0.25) is 5.91 Å². The van der Waals surface area contributed by atoms with E-state index in [1.807, 2.05) is 29.2 Å². The van der Waals surface area contributed by atoms with Crippen molar-refractivity contribution in [2.45, 2.75) is 25.9 Å². The summed E-state index contributed by atoms with van der Waals surface area (Å²) in [6, 6.07) is 15.0. The van der Waals surface area contributed by atoms with Gasteiger partial charge in [-0.25, -0.2) is 0 Å². The molecule has 3 rings (SSSR count). The van der Waals surface area contributed by atoms with Gasteiger partial charge in [-0.3, -0.25) is 9.59 Å². The van der Waals surface area contributed by atoms with Gasteiger partial charge < -0.3 is 16.0 Å². The van der Waals surface area contributed by atoms with Gasteiger partial charge in [-0.2, -0.15) is 0 Å². The average molecular weight is 323 g/mol. The highest BCUT2D eigenvalue weighted by atomic mass is 16.2. The molecule has 5 heteroatoms. The van der Waals surface area contributed by atoms with E-state index < -0.39 is 0 Å². The second-order valence-electron chi connectivity index (χ2n) is 6.01. The number of benzene rings is 2. The second kappa shape index (κ2) is 7.17. The average Bonchev–Trinajstić information content (AvgIpc) is 2.99. The lowest BCUT2D eigenvalue weighted by atomic mass is 10.1. The van der Waals surface area contributed by atoms with Crippen LogP contribution in [0.3, 0.4) is 0 Å². The molecule has 124 valence electrons. The van der Waals surface area contributed by atoms with Gasteiger partial charge in [0.1, 0.15) is 0 Å². The number of amides is 2. The highest BCUT2D eigenvalue weighted by molar-refractivity contribution is 5.98. The third-order valence-corrected chi connectivity index (χ3v) is 4.23. The molecule has 1 aliphatic heterocycles. The highest BCUT2D eigenvalue weighted by Crippen LogP contribution is 2.15. The van der Waals surface area contributed by atoms with E-state index in [0.717, 1.165) is 24.1 Å². The largest absolute Gasteiger partial charge is 0.398 e. The number of carbonyl (C=O) groups excluding carboxylic acids is 2. The van der Waals surface area contributed by atoms with Crippen LogP contribution in [0.25, 0.3) is 0 Å².